The Labute approximate surface area is 208 Å². The van der Waals surface area contributed by atoms with Crippen LogP contribution in [0.2, 0.25) is 0 Å². The summed E-state index contributed by atoms with van der Waals surface area (Å²) in [6.07, 6.45) is 1.36. The highest BCUT2D eigenvalue weighted by atomic mass is 32.1. The highest BCUT2D eigenvalue weighted by Crippen LogP contribution is 2.48. The van der Waals surface area contributed by atoms with Crippen LogP contribution < -0.4 is 0 Å². The minimum absolute atomic E-state index is 0.146. The van der Waals surface area contributed by atoms with Crippen LogP contribution in [0.25, 0.3) is 37.2 Å². The third-order valence-electron chi connectivity index (χ3n) is 7.23. The molecular weight excluding hydrogens is 446 g/mol. The summed E-state index contributed by atoms with van der Waals surface area (Å²) in [6.45, 7) is 0. The topological polar surface area (TPSA) is 22.0 Å². The molecule has 1 atom stereocenters. The van der Waals surface area contributed by atoms with Crippen molar-refractivity contribution in [3.05, 3.63) is 126 Å². The average molecular weight is 470 g/mol. The normalized spacial score (nSPS) is 15.5. The van der Waals surface area contributed by atoms with Crippen LogP contribution in [-0.2, 0) is 6.42 Å². The summed E-state index contributed by atoms with van der Waals surface area (Å²) in [5, 5.41) is 2.34. The zero-order valence-electron chi connectivity index (χ0n) is 19.1. The van der Waals surface area contributed by atoms with Crippen LogP contribution in [0.15, 0.2) is 109 Å². The van der Waals surface area contributed by atoms with E-state index in [2.05, 4.69) is 95.6 Å². The van der Waals surface area contributed by atoms with E-state index in [-0.39, 0.29) is 11.7 Å². The number of benzene rings is 4. The summed E-state index contributed by atoms with van der Waals surface area (Å²) in [4.78, 5) is 15.3. The Morgan fingerprint density at radius 2 is 1.34 bits per heavy atom. The number of carbonyl (C=O) groups excluding carboxylic acids is 1. The van der Waals surface area contributed by atoms with Gasteiger partial charge in [-0.25, -0.2) is 0 Å². The number of para-hydroxylation sites is 2. The van der Waals surface area contributed by atoms with Gasteiger partial charge in [-0.3, -0.25) is 4.79 Å². The van der Waals surface area contributed by atoms with Crippen molar-refractivity contribution in [3.63, 3.8) is 0 Å². The van der Waals surface area contributed by atoms with Crippen molar-refractivity contribution in [1.82, 2.24) is 4.57 Å². The molecule has 0 fully saturated rings. The third-order valence-corrected chi connectivity index (χ3v) is 8.45. The quantitative estimate of drug-likeness (QED) is 0.249. The molecule has 1 aliphatic rings. The predicted molar refractivity (Wildman–Crippen MR) is 146 cm³/mol. The van der Waals surface area contributed by atoms with Crippen molar-refractivity contribution in [2.24, 2.45) is 0 Å². The summed E-state index contributed by atoms with van der Waals surface area (Å²) in [7, 11) is 0. The molecule has 0 N–H and O–H groups in total. The van der Waals surface area contributed by atoms with Crippen LogP contribution in [0.5, 0.6) is 0 Å². The first-order chi connectivity index (χ1) is 17.3. The highest BCUT2D eigenvalue weighted by molar-refractivity contribution is 7.22. The average Bonchev–Trinajstić information content (AvgIpc) is 3.44. The molecule has 1 unspecified atom stereocenters. The first-order valence-corrected chi connectivity index (χ1v) is 12.9. The number of carbonyl (C=O) groups is 1. The van der Waals surface area contributed by atoms with Crippen LogP contribution >= 0.6 is 11.3 Å². The third kappa shape index (κ3) is 3.19. The number of Topliss-reactive ketones (excluding diaryl/α,β-unsaturated/α-hetero) is 1. The molecule has 0 saturated carbocycles. The number of hydrogen-bond donors (Lipinski definition) is 0. The second kappa shape index (κ2) is 8.07. The molecule has 1 aliphatic carbocycles. The van der Waals surface area contributed by atoms with E-state index in [4.69, 9.17) is 0 Å². The Morgan fingerprint density at radius 3 is 2.14 bits per heavy atom. The fourth-order valence-electron chi connectivity index (χ4n) is 5.68. The summed E-state index contributed by atoms with van der Waals surface area (Å²) in [6, 6.07) is 38.0. The molecule has 2 aromatic heterocycles. The van der Waals surface area contributed by atoms with Crippen molar-refractivity contribution in [3.8, 4) is 16.3 Å². The van der Waals surface area contributed by atoms with Gasteiger partial charge in [0.25, 0.3) is 0 Å². The molecule has 0 spiro atoms. The number of nitrogens with zero attached hydrogens (tertiary/aromatic N) is 1. The Morgan fingerprint density at radius 1 is 0.686 bits per heavy atom. The Hall–Kier alpha value is -3.95. The van der Waals surface area contributed by atoms with Gasteiger partial charge >= 0.3 is 0 Å². The number of fused-ring (bicyclic) bond motifs is 7. The van der Waals surface area contributed by atoms with Crippen molar-refractivity contribution in [2.45, 2.75) is 18.8 Å². The zero-order valence-corrected chi connectivity index (χ0v) is 20.0. The van der Waals surface area contributed by atoms with Gasteiger partial charge in [-0.05, 0) is 53.1 Å². The van der Waals surface area contributed by atoms with Crippen LogP contribution in [0.4, 0.5) is 0 Å². The molecule has 3 heteroatoms. The Balaban J connectivity index is 1.61. The molecule has 0 bridgehead atoms. The highest BCUT2D eigenvalue weighted by Gasteiger charge is 2.33. The van der Waals surface area contributed by atoms with E-state index in [0.717, 1.165) is 34.3 Å². The minimum Gasteiger partial charge on any atom is -0.308 e. The van der Waals surface area contributed by atoms with Crippen LogP contribution in [0.1, 0.15) is 33.8 Å². The van der Waals surface area contributed by atoms with Gasteiger partial charge in [-0.15, -0.1) is 11.3 Å². The van der Waals surface area contributed by atoms with Gasteiger partial charge in [0.05, 0.1) is 21.7 Å². The molecule has 4 aromatic carbocycles. The second-order valence-electron chi connectivity index (χ2n) is 9.26. The summed E-state index contributed by atoms with van der Waals surface area (Å²) >= 11 is 1.82. The lowest BCUT2D eigenvalue weighted by Crippen LogP contribution is -2.14. The zero-order chi connectivity index (χ0) is 23.4. The fourth-order valence-corrected chi connectivity index (χ4v) is 6.95. The van der Waals surface area contributed by atoms with Crippen molar-refractivity contribution < 1.29 is 4.79 Å². The lowest BCUT2D eigenvalue weighted by atomic mass is 9.82. The van der Waals surface area contributed by atoms with E-state index < -0.39 is 0 Å². The van der Waals surface area contributed by atoms with E-state index in [1.807, 2.05) is 29.5 Å². The van der Waals surface area contributed by atoms with Crippen LogP contribution in [0.3, 0.4) is 0 Å². The molecule has 0 amide bonds. The number of aromatic nitrogens is 1. The minimum atomic E-state index is 0.146. The van der Waals surface area contributed by atoms with E-state index in [0.29, 0.717) is 6.42 Å². The predicted octanol–water partition coefficient (Wildman–Crippen LogP) is 8.42. The summed E-state index contributed by atoms with van der Waals surface area (Å²) in [5.41, 5.74) is 6.66. The number of thiophene rings is 1. The molecule has 2 heterocycles. The van der Waals surface area contributed by atoms with Gasteiger partial charge in [-0.2, -0.15) is 0 Å². The van der Waals surface area contributed by atoms with Gasteiger partial charge in [0, 0.05) is 22.2 Å². The van der Waals surface area contributed by atoms with E-state index >= 15 is 0 Å². The van der Waals surface area contributed by atoms with Crippen molar-refractivity contribution in [2.75, 3.05) is 0 Å². The number of hydrogen-bond acceptors (Lipinski definition) is 2. The fraction of sp³-hybridized carbons (Fsp3) is 0.0938. The lowest BCUT2D eigenvalue weighted by Gasteiger charge is -2.22. The molecular formula is C32H23NOS. The Bertz CT molecular complexity index is 1710. The van der Waals surface area contributed by atoms with Crippen molar-refractivity contribution in [1.29, 1.82) is 0 Å². The molecule has 0 aliphatic heterocycles. The molecule has 0 radical (unpaired) electrons. The van der Waals surface area contributed by atoms with E-state index in [1.54, 1.807) is 0 Å². The van der Waals surface area contributed by atoms with E-state index in [9.17, 15) is 4.79 Å². The van der Waals surface area contributed by atoms with Crippen LogP contribution in [0, 0.1) is 0 Å². The molecule has 6 aromatic rings. The number of rotatable bonds is 2. The first-order valence-electron chi connectivity index (χ1n) is 12.1. The van der Waals surface area contributed by atoms with Crippen molar-refractivity contribution >= 4 is 38.1 Å². The molecule has 2 nitrogen and oxygen atoms in total. The number of ketones is 1. The first kappa shape index (κ1) is 20.4. The molecule has 7 rings (SSSR count). The maximum absolute atomic E-state index is 14.1. The summed E-state index contributed by atoms with van der Waals surface area (Å²) in [5.74, 6) is 0.371. The van der Waals surface area contributed by atoms with Gasteiger partial charge < -0.3 is 4.57 Å². The van der Waals surface area contributed by atoms with E-state index in [1.165, 1.54) is 26.1 Å². The monoisotopic (exact) mass is 469 g/mol. The Kier molecular flexibility index (Phi) is 4.71. The lowest BCUT2D eigenvalue weighted by molar-refractivity contribution is 0.0975. The maximum Gasteiger partial charge on any atom is 0.166 e. The molecule has 35 heavy (non-hydrogen) atoms. The van der Waals surface area contributed by atoms with Gasteiger partial charge in [0.2, 0.25) is 0 Å². The largest absolute Gasteiger partial charge is 0.308 e. The van der Waals surface area contributed by atoms with Gasteiger partial charge in [0.15, 0.2) is 5.78 Å². The standard InChI is InChI=1S/C32H23NOS/c34-28-20-22(21-11-3-1-4-12-21)19-26-24-15-8-10-18-29(24)35-32(26)31-30(28)25-16-7-9-17-27(25)33(31)23-13-5-2-6-14-23/h1-18,22H,19-20H2. The van der Waals surface area contributed by atoms with Gasteiger partial charge in [-0.1, -0.05) is 84.9 Å². The van der Waals surface area contributed by atoms with Gasteiger partial charge in [0.1, 0.15) is 0 Å². The maximum atomic E-state index is 14.1. The molecule has 168 valence electrons. The van der Waals surface area contributed by atoms with Crippen LogP contribution in [-0.4, -0.2) is 10.4 Å². The molecule has 0 saturated heterocycles. The summed E-state index contributed by atoms with van der Waals surface area (Å²) < 4.78 is 3.58. The smallest absolute Gasteiger partial charge is 0.166 e. The SMILES string of the molecule is O=C1CC(c2ccccc2)Cc2c(sc3ccccc23)-c2c1c1ccccc1n2-c1ccccc1. The second-order valence-corrected chi connectivity index (χ2v) is 10.3.